The van der Waals surface area contributed by atoms with Crippen LogP contribution in [0, 0.1) is 0 Å². The molecule has 0 saturated heterocycles. The predicted molar refractivity (Wildman–Crippen MR) is 110 cm³/mol. The zero-order chi connectivity index (χ0) is 20.8. The van der Waals surface area contributed by atoms with Crippen LogP contribution >= 0.6 is 69.6 Å². The molecule has 3 aromatic rings. The second-order valence-electron chi connectivity index (χ2n) is 5.54. The molecule has 3 rings (SSSR count). The van der Waals surface area contributed by atoms with Crippen molar-refractivity contribution in [2.75, 3.05) is 0 Å². The van der Waals surface area contributed by atoms with Gasteiger partial charge in [-0.1, -0.05) is 69.6 Å². The molecule has 0 bridgehead atoms. The molecule has 0 aliphatic rings. The van der Waals surface area contributed by atoms with Crippen LogP contribution in [0.1, 0.15) is 5.56 Å². The van der Waals surface area contributed by atoms with Crippen molar-refractivity contribution in [3.05, 3.63) is 72.4 Å². The molecule has 0 amide bonds. The van der Waals surface area contributed by atoms with Crippen molar-refractivity contribution in [3.8, 4) is 22.3 Å². The number of halogens is 9. The number of rotatable bonds is 2. The fourth-order valence-corrected chi connectivity index (χ4v) is 4.11. The zero-order valence-corrected chi connectivity index (χ0v) is 17.8. The zero-order valence-electron chi connectivity index (χ0n) is 13.3. The summed E-state index contributed by atoms with van der Waals surface area (Å²) < 4.78 is 41.5. The van der Waals surface area contributed by atoms with Gasteiger partial charge in [0.25, 0.3) is 0 Å². The monoisotopic (exact) mass is 503 g/mol. The molecule has 1 aromatic heterocycles. The minimum atomic E-state index is -4.77. The van der Waals surface area contributed by atoms with Crippen LogP contribution in [0.15, 0.2) is 36.7 Å². The van der Waals surface area contributed by atoms with Gasteiger partial charge in [0.2, 0.25) is 0 Å². The topological polar surface area (TPSA) is 12.9 Å². The Kier molecular flexibility index (Phi) is 6.31. The number of pyridine rings is 1. The first-order chi connectivity index (χ1) is 13.0. The fraction of sp³-hybridized carbons (Fsp3) is 0.0556. The number of hydrogen-bond acceptors (Lipinski definition) is 1. The van der Waals surface area contributed by atoms with Gasteiger partial charge in [-0.3, -0.25) is 4.98 Å². The smallest absolute Gasteiger partial charge is 0.263 e. The van der Waals surface area contributed by atoms with Gasteiger partial charge in [0, 0.05) is 34.6 Å². The van der Waals surface area contributed by atoms with Crippen LogP contribution in [-0.4, -0.2) is 4.98 Å². The number of hydrogen-bond donors (Lipinski definition) is 0. The average Bonchev–Trinajstić information content (AvgIpc) is 2.62. The first-order valence-electron chi connectivity index (χ1n) is 7.37. The molecule has 0 atom stereocenters. The van der Waals surface area contributed by atoms with E-state index in [-0.39, 0.29) is 52.4 Å². The van der Waals surface area contributed by atoms with Gasteiger partial charge in [-0.15, -0.1) is 0 Å². The Labute approximate surface area is 187 Å². The van der Waals surface area contributed by atoms with Crippen molar-refractivity contribution in [1.82, 2.24) is 4.98 Å². The lowest BCUT2D eigenvalue weighted by atomic mass is 9.92. The summed E-state index contributed by atoms with van der Waals surface area (Å²) in [6.45, 7) is 0. The Morgan fingerprint density at radius 3 is 1.61 bits per heavy atom. The summed E-state index contributed by atoms with van der Waals surface area (Å²) in [4.78, 5) is 3.71. The van der Waals surface area contributed by atoms with Crippen LogP contribution in [0.5, 0.6) is 0 Å². The maximum atomic E-state index is 13.8. The number of alkyl halides is 3. The summed E-state index contributed by atoms with van der Waals surface area (Å²) in [6, 6.07) is 5.56. The van der Waals surface area contributed by atoms with Crippen LogP contribution in [0.4, 0.5) is 13.2 Å². The quantitative estimate of drug-likeness (QED) is 0.316. The first-order valence-corrected chi connectivity index (χ1v) is 9.63. The minimum Gasteiger partial charge on any atom is -0.263 e. The summed E-state index contributed by atoms with van der Waals surface area (Å²) >= 11 is 37.0. The lowest BCUT2D eigenvalue weighted by Crippen LogP contribution is -2.09. The summed E-state index contributed by atoms with van der Waals surface area (Å²) in [5.74, 6) is 0. The maximum absolute atomic E-state index is 13.8. The molecule has 0 aliphatic heterocycles. The highest BCUT2D eigenvalue weighted by molar-refractivity contribution is 6.47. The van der Waals surface area contributed by atoms with E-state index in [2.05, 4.69) is 4.98 Å². The van der Waals surface area contributed by atoms with Crippen molar-refractivity contribution in [1.29, 1.82) is 0 Å². The van der Waals surface area contributed by atoms with Crippen LogP contribution in [0.2, 0.25) is 30.1 Å². The Morgan fingerprint density at radius 2 is 1.07 bits per heavy atom. The second kappa shape index (κ2) is 8.10. The van der Waals surface area contributed by atoms with E-state index in [0.29, 0.717) is 6.20 Å². The maximum Gasteiger partial charge on any atom is 0.418 e. The van der Waals surface area contributed by atoms with Crippen LogP contribution < -0.4 is 0 Å². The molecule has 146 valence electrons. The van der Waals surface area contributed by atoms with E-state index >= 15 is 0 Å². The van der Waals surface area contributed by atoms with Crippen LogP contribution in [0.3, 0.4) is 0 Å². The molecule has 1 heterocycles. The van der Waals surface area contributed by atoms with E-state index in [0.717, 1.165) is 0 Å². The predicted octanol–water partition coefficient (Wildman–Crippen LogP) is 9.35. The van der Waals surface area contributed by atoms with Gasteiger partial charge >= 0.3 is 6.18 Å². The molecule has 0 aliphatic carbocycles. The molecule has 10 heteroatoms. The normalized spacial score (nSPS) is 11.8. The summed E-state index contributed by atoms with van der Waals surface area (Å²) in [6.07, 6.45) is -2.93. The Bertz CT molecular complexity index is 1080. The van der Waals surface area contributed by atoms with Crippen molar-refractivity contribution in [2.24, 2.45) is 0 Å². The Morgan fingerprint density at radius 1 is 0.607 bits per heavy atom. The van der Waals surface area contributed by atoms with Crippen molar-refractivity contribution in [3.63, 3.8) is 0 Å². The van der Waals surface area contributed by atoms with E-state index in [1.807, 2.05) is 0 Å². The van der Waals surface area contributed by atoms with E-state index in [1.54, 1.807) is 0 Å². The molecule has 0 fully saturated rings. The first kappa shape index (κ1) is 21.8. The summed E-state index contributed by atoms with van der Waals surface area (Å²) in [7, 11) is 0. The molecular formula is C18H6Cl6F3N. The van der Waals surface area contributed by atoms with Gasteiger partial charge in [0.15, 0.2) is 0 Å². The third-order valence-electron chi connectivity index (χ3n) is 3.86. The third kappa shape index (κ3) is 3.91. The lowest BCUT2D eigenvalue weighted by Gasteiger charge is -2.20. The minimum absolute atomic E-state index is 0.0280. The Hall–Kier alpha value is -0.880. The highest BCUT2D eigenvalue weighted by atomic mass is 35.5. The van der Waals surface area contributed by atoms with E-state index in [1.165, 1.54) is 30.5 Å². The van der Waals surface area contributed by atoms with E-state index < -0.39 is 11.7 Å². The van der Waals surface area contributed by atoms with Crippen LogP contribution in [-0.2, 0) is 6.18 Å². The Balaban J connectivity index is 2.54. The van der Waals surface area contributed by atoms with Gasteiger partial charge in [0.1, 0.15) is 0 Å². The molecule has 0 N–H and O–H groups in total. The standard InChI is InChI=1S/C18H6Cl6F3N/c19-9-1-3-11(21)16(23)14(9)7-5-28-6-8(18(25,26)27)13(7)15-10(20)2-4-12(22)17(15)24/h1-6H. The van der Waals surface area contributed by atoms with Gasteiger partial charge in [-0.05, 0) is 24.3 Å². The highest BCUT2D eigenvalue weighted by Gasteiger charge is 2.37. The fourth-order valence-electron chi connectivity index (χ4n) is 2.66. The molecule has 28 heavy (non-hydrogen) atoms. The van der Waals surface area contributed by atoms with Gasteiger partial charge in [0.05, 0.1) is 35.7 Å². The van der Waals surface area contributed by atoms with E-state index in [9.17, 15) is 13.2 Å². The number of aromatic nitrogens is 1. The summed E-state index contributed by atoms with van der Waals surface area (Å²) in [5, 5.41) is -0.0205. The number of benzene rings is 2. The average molecular weight is 506 g/mol. The molecule has 0 saturated carbocycles. The van der Waals surface area contributed by atoms with Crippen molar-refractivity contribution in [2.45, 2.75) is 6.18 Å². The van der Waals surface area contributed by atoms with Gasteiger partial charge < -0.3 is 0 Å². The third-order valence-corrected chi connectivity index (χ3v) is 6.10. The van der Waals surface area contributed by atoms with Crippen molar-refractivity contribution >= 4 is 69.6 Å². The molecule has 2 aromatic carbocycles. The molecule has 0 spiro atoms. The van der Waals surface area contributed by atoms with E-state index in [4.69, 9.17) is 69.6 Å². The molecule has 1 nitrogen and oxygen atoms in total. The molecule has 0 radical (unpaired) electrons. The van der Waals surface area contributed by atoms with Gasteiger partial charge in [-0.25, -0.2) is 0 Å². The molecule has 0 unspecified atom stereocenters. The van der Waals surface area contributed by atoms with Crippen molar-refractivity contribution < 1.29 is 13.2 Å². The number of nitrogens with zero attached hydrogens (tertiary/aromatic N) is 1. The van der Waals surface area contributed by atoms with Gasteiger partial charge in [-0.2, -0.15) is 13.2 Å². The van der Waals surface area contributed by atoms with Crippen LogP contribution in [0.25, 0.3) is 22.3 Å². The largest absolute Gasteiger partial charge is 0.418 e. The highest BCUT2D eigenvalue weighted by Crippen LogP contribution is 2.50. The SMILES string of the molecule is FC(F)(F)c1cncc(-c2c(Cl)ccc(Cl)c2Cl)c1-c1c(Cl)ccc(Cl)c1Cl. The lowest BCUT2D eigenvalue weighted by molar-refractivity contribution is -0.137. The second-order valence-corrected chi connectivity index (χ2v) is 7.93. The molecular weight excluding hydrogens is 500 g/mol. The summed E-state index contributed by atoms with van der Waals surface area (Å²) in [5.41, 5.74) is -1.53.